The number of nitrogens with one attached hydrogen (secondary N) is 1. The quantitative estimate of drug-likeness (QED) is 0.630. The standard InChI is InChI=1S/C19H21NOS/c1-3-12-19(2,18-11-6-13-22-18)20-16-9-4-8-15-14(16)7-5-10-17(15)21/h4-11,13,20-21H,3,12H2,1-2H3. The summed E-state index contributed by atoms with van der Waals surface area (Å²) in [5.74, 6) is 0.328. The molecular weight excluding hydrogens is 290 g/mol. The number of thiophene rings is 1. The average Bonchev–Trinajstić information content (AvgIpc) is 3.04. The lowest BCUT2D eigenvalue weighted by Gasteiger charge is -2.31. The predicted molar refractivity (Wildman–Crippen MR) is 95.8 cm³/mol. The molecular formula is C19H21NOS. The summed E-state index contributed by atoms with van der Waals surface area (Å²) in [5.41, 5.74) is 0.973. The first kappa shape index (κ1) is 14.9. The van der Waals surface area contributed by atoms with E-state index in [0.29, 0.717) is 5.75 Å². The van der Waals surface area contributed by atoms with Crippen molar-refractivity contribution in [3.05, 3.63) is 58.8 Å². The highest BCUT2D eigenvalue weighted by molar-refractivity contribution is 7.10. The Kier molecular flexibility index (Phi) is 4.08. The largest absolute Gasteiger partial charge is 0.507 e. The smallest absolute Gasteiger partial charge is 0.123 e. The first-order valence-electron chi connectivity index (χ1n) is 7.67. The highest BCUT2D eigenvalue weighted by Gasteiger charge is 2.27. The van der Waals surface area contributed by atoms with Gasteiger partial charge in [0.25, 0.3) is 0 Å². The van der Waals surface area contributed by atoms with E-state index in [2.05, 4.69) is 48.8 Å². The second kappa shape index (κ2) is 6.01. The number of fused-ring (bicyclic) bond motifs is 1. The molecule has 0 amide bonds. The second-order valence-corrected chi connectivity index (χ2v) is 6.81. The fourth-order valence-electron chi connectivity index (χ4n) is 3.04. The Morgan fingerprint density at radius 2 is 1.82 bits per heavy atom. The van der Waals surface area contributed by atoms with E-state index in [1.807, 2.05) is 18.2 Å². The molecule has 0 aliphatic heterocycles. The molecule has 0 saturated carbocycles. The zero-order valence-electron chi connectivity index (χ0n) is 13.0. The second-order valence-electron chi connectivity index (χ2n) is 5.86. The van der Waals surface area contributed by atoms with Crippen LogP contribution in [0.15, 0.2) is 53.9 Å². The highest BCUT2D eigenvalue weighted by atomic mass is 32.1. The van der Waals surface area contributed by atoms with Gasteiger partial charge in [0.1, 0.15) is 5.75 Å². The molecule has 3 heteroatoms. The lowest BCUT2D eigenvalue weighted by molar-refractivity contribution is 0.481. The molecule has 1 aromatic heterocycles. The van der Waals surface area contributed by atoms with Gasteiger partial charge in [0, 0.05) is 21.3 Å². The lowest BCUT2D eigenvalue weighted by atomic mass is 9.93. The van der Waals surface area contributed by atoms with Crippen LogP contribution in [0.1, 0.15) is 31.6 Å². The summed E-state index contributed by atoms with van der Waals surface area (Å²) in [6, 6.07) is 16.0. The topological polar surface area (TPSA) is 32.3 Å². The van der Waals surface area contributed by atoms with Crippen LogP contribution < -0.4 is 5.32 Å². The minimum absolute atomic E-state index is 0.0946. The molecule has 1 unspecified atom stereocenters. The third-order valence-electron chi connectivity index (χ3n) is 4.12. The van der Waals surface area contributed by atoms with E-state index in [1.54, 1.807) is 17.4 Å². The van der Waals surface area contributed by atoms with Crippen molar-refractivity contribution < 1.29 is 5.11 Å². The lowest BCUT2D eigenvalue weighted by Crippen LogP contribution is -2.30. The van der Waals surface area contributed by atoms with Gasteiger partial charge in [-0.15, -0.1) is 11.3 Å². The number of rotatable bonds is 5. The molecule has 2 N–H and O–H groups in total. The summed E-state index contributed by atoms with van der Waals surface area (Å²) < 4.78 is 0. The molecule has 2 nitrogen and oxygen atoms in total. The van der Waals surface area contributed by atoms with Crippen molar-refractivity contribution in [3.8, 4) is 5.75 Å². The fourth-order valence-corrected chi connectivity index (χ4v) is 3.91. The van der Waals surface area contributed by atoms with Crippen LogP contribution in [0.25, 0.3) is 10.8 Å². The van der Waals surface area contributed by atoms with E-state index in [1.165, 1.54) is 4.88 Å². The Bertz CT molecular complexity index is 766. The summed E-state index contributed by atoms with van der Waals surface area (Å²) in [7, 11) is 0. The zero-order valence-corrected chi connectivity index (χ0v) is 13.8. The highest BCUT2D eigenvalue weighted by Crippen LogP contribution is 2.37. The Morgan fingerprint density at radius 3 is 2.55 bits per heavy atom. The van der Waals surface area contributed by atoms with Gasteiger partial charge in [0.05, 0.1) is 5.54 Å². The number of benzene rings is 2. The predicted octanol–water partition coefficient (Wildman–Crippen LogP) is 5.73. The van der Waals surface area contributed by atoms with Crippen LogP contribution in [0.3, 0.4) is 0 Å². The Balaban J connectivity index is 2.06. The maximum absolute atomic E-state index is 10.1. The van der Waals surface area contributed by atoms with Gasteiger partial charge in [-0.2, -0.15) is 0 Å². The Hall–Kier alpha value is -2.00. The maximum Gasteiger partial charge on any atom is 0.123 e. The molecule has 1 atom stereocenters. The summed E-state index contributed by atoms with van der Waals surface area (Å²) in [6.45, 7) is 4.46. The van der Waals surface area contributed by atoms with Crippen molar-refractivity contribution in [2.24, 2.45) is 0 Å². The van der Waals surface area contributed by atoms with E-state index in [-0.39, 0.29) is 5.54 Å². The molecule has 1 heterocycles. The molecule has 0 bridgehead atoms. The van der Waals surface area contributed by atoms with Gasteiger partial charge >= 0.3 is 0 Å². The molecule has 0 spiro atoms. The number of hydrogen-bond donors (Lipinski definition) is 2. The molecule has 0 aliphatic carbocycles. The molecule has 3 rings (SSSR count). The zero-order chi connectivity index (χ0) is 15.6. The summed E-state index contributed by atoms with van der Waals surface area (Å²) in [6.07, 6.45) is 2.17. The van der Waals surface area contributed by atoms with Crippen LogP contribution in [0.4, 0.5) is 5.69 Å². The summed E-state index contributed by atoms with van der Waals surface area (Å²) in [4.78, 5) is 1.34. The van der Waals surface area contributed by atoms with Crippen LogP contribution in [-0.2, 0) is 5.54 Å². The third-order valence-corrected chi connectivity index (χ3v) is 5.26. The van der Waals surface area contributed by atoms with Crippen LogP contribution in [0.2, 0.25) is 0 Å². The van der Waals surface area contributed by atoms with Gasteiger partial charge in [0.2, 0.25) is 0 Å². The van der Waals surface area contributed by atoms with E-state index in [0.717, 1.165) is 29.3 Å². The Morgan fingerprint density at radius 1 is 1.05 bits per heavy atom. The summed E-state index contributed by atoms with van der Waals surface area (Å²) >= 11 is 1.79. The summed E-state index contributed by atoms with van der Waals surface area (Å²) in [5, 5.41) is 17.9. The molecule has 0 fully saturated rings. The van der Waals surface area contributed by atoms with Gasteiger partial charge in [-0.1, -0.05) is 43.7 Å². The monoisotopic (exact) mass is 311 g/mol. The molecule has 22 heavy (non-hydrogen) atoms. The van der Waals surface area contributed by atoms with Gasteiger partial charge in [-0.25, -0.2) is 0 Å². The SMILES string of the molecule is CCCC(C)(Nc1cccc2c(O)cccc12)c1cccs1. The Labute approximate surface area is 135 Å². The van der Waals surface area contributed by atoms with Crippen LogP contribution >= 0.6 is 11.3 Å². The molecule has 2 aromatic carbocycles. The number of phenols is 1. The minimum Gasteiger partial charge on any atom is -0.507 e. The van der Waals surface area contributed by atoms with E-state index >= 15 is 0 Å². The minimum atomic E-state index is -0.0946. The fraction of sp³-hybridized carbons (Fsp3) is 0.263. The maximum atomic E-state index is 10.1. The van der Waals surface area contributed by atoms with Gasteiger partial charge in [-0.3, -0.25) is 0 Å². The number of aromatic hydroxyl groups is 1. The molecule has 0 radical (unpaired) electrons. The first-order chi connectivity index (χ1) is 10.6. The van der Waals surface area contributed by atoms with Crippen molar-refractivity contribution in [3.63, 3.8) is 0 Å². The van der Waals surface area contributed by atoms with Gasteiger partial charge < -0.3 is 10.4 Å². The van der Waals surface area contributed by atoms with Crippen LogP contribution in [0, 0.1) is 0 Å². The third kappa shape index (κ3) is 2.69. The van der Waals surface area contributed by atoms with Crippen molar-refractivity contribution in [1.82, 2.24) is 0 Å². The molecule has 0 aliphatic rings. The number of phenolic OH excluding ortho intramolecular Hbond substituents is 1. The normalized spacial score (nSPS) is 13.9. The van der Waals surface area contributed by atoms with E-state index in [4.69, 9.17) is 0 Å². The molecule has 0 saturated heterocycles. The molecule has 3 aromatic rings. The average molecular weight is 311 g/mol. The van der Waals surface area contributed by atoms with Crippen LogP contribution in [0.5, 0.6) is 5.75 Å². The number of hydrogen-bond acceptors (Lipinski definition) is 3. The number of anilines is 1. The van der Waals surface area contributed by atoms with Crippen molar-refractivity contribution >= 4 is 27.8 Å². The first-order valence-corrected chi connectivity index (χ1v) is 8.55. The molecule has 114 valence electrons. The van der Waals surface area contributed by atoms with Crippen molar-refractivity contribution in [2.45, 2.75) is 32.2 Å². The van der Waals surface area contributed by atoms with Gasteiger partial charge in [0.15, 0.2) is 0 Å². The van der Waals surface area contributed by atoms with Gasteiger partial charge in [-0.05, 0) is 36.9 Å². The van der Waals surface area contributed by atoms with Crippen molar-refractivity contribution in [1.29, 1.82) is 0 Å². The van der Waals surface area contributed by atoms with E-state index < -0.39 is 0 Å². The van der Waals surface area contributed by atoms with Crippen molar-refractivity contribution in [2.75, 3.05) is 5.32 Å². The van der Waals surface area contributed by atoms with Crippen LogP contribution in [-0.4, -0.2) is 5.11 Å². The van der Waals surface area contributed by atoms with E-state index in [9.17, 15) is 5.11 Å².